The molecule has 0 aliphatic heterocycles. The quantitative estimate of drug-likeness (QED) is 0.850. The third-order valence-corrected chi connectivity index (χ3v) is 4.20. The molecule has 0 spiro atoms. The molecule has 3 heteroatoms. The van der Waals surface area contributed by atoms with Crippen LogP contribution in [0, 0.1) is 11.6 Å². The van der Waals surface area contributed by atoms with Crippen molar-refractivity contribution in [3.63, 3.8) is 0 Å². The van der Waals surface area contributed by atoms with Gasteiger partial charge in [-0.25, -0.2) is 8.78 Å². The first-order valence-electron chi connectivity index (χ1n) is 7.85. The minimum Gasteiger partial charge on any atom is -0.311 e. The van der Waals surface area contributed by atoms with Crippen LogP contribution in [0.4, 0.5) is 8.78 Å². The van der Waals surface area contributed by atoms with Gasteiger partial charge in [0.25, 0.3) is 0 Å². The molecule has 0 radical (unpaired) electrons. The molecular formula is C17H25F2N. The van der Waals surface area contributed by atoms with Crippen LogP contribution in [0.5, 0.6) is 0 Å². The predicted octanol–water partition coefficient (Wildman–Crippen LogP) is 4.60. The van der Waals surface area contributed by atoms with Crippen LogP contribution in [0.15, 0.2) is 18.2 Å². The van der Waals surface area contributed by atoms with Gasteiger partial charge in [0.05, 0.1) is 0 Å². The first kappa shape index (κ1) is 15.4. The number of rotatable bonds is 4. The average Bonchev–Trinajstić information content (AvgIpc) is 2.37. The van der Waals surface area contributed by atoms with E-state index in [0.717, 1.165) is 0 Å². The van der Waals surface area contributed by atoms with Gasteiger partial charge in [0, 0.05) is 17.6 Å². The zero-order chi connectivity index (χ0) is 14.4. The first-order valence-corrected chi connectivity index (χ1v) is 7.85. The molecular weight excluding hydrogens is 256 g/mol. The molecule has 1 aromatic rings. The van der Waals surface area contributed by atoms with E-state index < -0.39 is 11.6 Å². The molecule has 1 aliphatic rings. The Kier molecular flexibility index (Phi) is 5.96. The highest BCUT2D eigenvalue weighted by Gasteiger charge is 2.17. The van der Waals surface area contributed by atoms with Gasteiger partial charge in [0.2, 0.25) is 0 Å². The summed E-state index contributed by atoms with van der Waals surface area (Å²) in [7, 11) is 0. The van der Waals surface area contributed by atoms with Crippen molar-refractivity contribution in [2.75, 3.05) is 0 Å². The molecule has 0 aromatic heterocycles. The van der Waals surface area contributed by atoms with E-state index in [1.165, 1.54) is 63.1 Å². The highest BCUT2D eigenvalue weighted by atomic mass is 19.1. The van der Waals surface area contributed by atoms with Gasteiger partial charge in [0.1, 0.15) is 11.6 Å². The Morgan fingerprint density at radius 1 is 1.05 bits per heavy atom. The van der Waals surface area contributed by atoms with Crippen LogP contribution in [0.2, 0.25) is 0 Å². The second-order valence-corrected chi connectivity index (χ2v) is 6.01. The molecule has 0 amide bonds. The Morgan fingerprint density at radius 2 is 1.60 bits per heavy atom. The minimum atomic E-state index is -0.434. The smallest absolute Gasteiger partial charge is 0.129 e. The third kappa shape index (κ3) is 4.55. The van der Waals surface area contributed by atoms with Crippen molar-refractivity contribution in [3.8, 4) is 0 Å². The van der Waals surface area contributed by atoms with E-state index in [1.807, 2.05) is 6.92 Å². The van der Waals surface area contributed by atoms with Gasteiger partial charge in [-0.05, 0) is 38.3 Å². The summed E-state index contributed by atoms with van der Waals surface area (Å²) in [4.78, 5) is 0. The Balaban J connectivity index is 1.89. The summed E-state index contributed by atoms with van der Waals surface area (Å²) in [6.07, 6.45) is 9.28. The third-order valence-electron chi connectivity index (χ3n) is 4.20. The van der Waals surface area contributed by atoms with Crippen molar-refractivity contribution in [1.29, 1.82) is 0 Å². The summed E-state index contributed by atoms with van der Waals surface area (Å²) in [5.41, 5.74) is 0.207. The second kappa shape index (κ2) is 7.72. The van der Waals surface area contributed by atoms with E-state index >= 15 is 0 Å². The summed E-state index contributed by atoms with van der Waals surface area (Å²) >= 11 is 0. The zero-order valence-corrected chi connectivity index (χ0v) is 12.3. The maximum Gasteiger partial charge on any atom is 0.129 e. The molecule has 0 heterocycles. The summed E-state index contributed by atoms with van der Waals surface area (Å²) in [5.74, 6) is -0.868. The van der Waals surface area contributed by atoms with E-state index in [4.69, 9.17) is 0 Å². The van der Waals surface area contributed by atoms with Crippen molar-refractivity contribution in [2.24, 2.45) is 0 Å². The Bertz CT molecular complexity index is 391. The second-order valence-electron chi connectivity index (χ2n) is 6.01. The van der Waals surface area contributed by atoms with Gasteiger partial charge in [-0.15, -0.1) is 0 Å². The fourth-order valence-corrected chi connectivity index (χ4v) is 3.12. The number of halogens is 2. The average molecular weight is 281 g/mol. The highest BCUT2D eigenvalue weighted by Crippen LogP contribution is 2.19. The van der Waals surface area contributed by atoms with Gasteiger partial charge >= 0.3 is 0 Å². The summed E-state index contributed by atoms with van der Waals surface area (Å²) < 4.78 is 27.3. The van der Waals surface area contributed by atoms with E-state index in [1.54, 1.807) is 0 Å². The summed E-state index contributed by atoms with van der Waals surface area (Å²) in [6.45, 7) is 2.02. The number of hydrogen-bond acceptors (Lipinski definition) is 1. The van der Waals surface area contributed by atoms with E-state index in [-0.39, 0.29) is 11.6 Å². The van der Waals surface area contributed by atoms with Crippen LogP contribution in [-0.2, 0) is 6.42 Å². The van der Waals surface area contributed by atoms with Crippen LogP contribution in [0.1, 0.15) is 57.4 Å². The summed E-state index contributed by atoms with van der Waals surface area (Å²) in [6, 6.07) is 4.69. The van der Waals surface area contributed by atoms with Crippen LogP contribution < -0.4 is 5.32 Å². The molecule has 20 heavy (non-hydrogen) atoms. The standard InChI is InChI=1S/C17H25F2N/c1-13(12-15-16(18)10-7-11-17(15)19)20-14-8-5-3-2-4-6-9-14/h7,10-11,13-14,20H,2-6,8-9,12H2,1H3. The van der Waals surface area contributed by atoms with Gasteiger partial charge in [-0.1, -0.05) is 38.2 Å². The number of benzene rings is 1. The Morgan fingerprint density at radius 3 is 2.20 bits per heavy atom. The van der Waals surface area contributed by atoms with E-state index in [9.17, 15) is 8.78 Å². The van der Waals surface area contributed by atoms with Crippen molar-refractivity contribution < 1.29 is 8.78 Å². The maximum atomic E-state index is 13.6. The fraction of sp³-hybridized carbons (Fsp3) is 0.647. The lowest BCUT2D eigenvalue weighted by Gasteiger charge is -2.25. The maximum absolute atomic E-state index is 13.6. The largest absolute Gasteiger partial charge is 0.311 e. The fourth-order valence-electron chi connectivity index (χ4n) is 3.12. The molecule has 1 N–H and O–H groups in total. The lowest BCUT2D eigenvalue weighted by atomic mass is 9.95. The van der Waals surface area contributed by atoms with E-state index in [2.05, 4.69) is 5.32 Å². The summed E-state index contributed by atoms with van der Waals surface area (Å²) in [5, 5.41) is 3.56. The van der Waals surface area contributed by atoms with Crippen molar-refractivity contribution in [2.45, 2.75) is 70.4 Å². The van der Waals surface area contributed by atoms with E-state index in [0.29, 0.717) is 12.5 Å². The lowest BCUT2D eigenvalue weighted by molar-refractivity contribution is 0.355. The molecule has 2 rings (SSSR count). The van der Waals surface area contributed by atoms with Crippen molar-refractivity contribution >= 4 is 0 Å². The van der Waals surface area contributed by atoms with Gasteiger partial charge in [-0.3, -0.25) is 0 Å². The van der Waals surface area contributed by atoms with Crippen LogP contribution in [0.3, 0.4) is 0 Å². The molecule has 1 aliphatic carbocycles. The normalized spacial score (nSPS) is 19.4. The Labute approximate surface area is 120 Å². The van der Waals surface area contributed by atoms with Gasteiger partial charge in [-0.2, -0.15) is 0 Å². The minimum absolute atomic E-state index is 0.103. The monoisotopic (exact) mass is 281 g/mol. The lowest BCUT2D eigenvalue weighted by Crippen LogP contribution is -2.38. The molecule has 1 fully saturated rings. The van der Waals surface area contributed by atoms with Crippen LogP contribution in [-0.4, -0.2) is 12.1 Å². The first-order chi connectivity index (χ1) is 9.66. The molecule has 0 saturated heterocycles. The molecule has 1 nitrogen and oxygen atoms in total. The molecule has 1 saturated carbocycles. The van der Waals surface area contributed by atoms with Gasteiger partial charge in [0.15, 0.2) is 0 Å². The predicted molar refractivity (Wildman–Crippen MR) is 78.8 cm³/mol. The van der Waals surface area contributed by atoms with Crippen LogP contribution >= 0.6 is 0 Å². The highest BCUT2D eigenvalue weighted by molar-refractivity contribution is 5.20. The number of hydrogen-bond donors (Lipinski definition) is 1. The zero-order valence-electron chi connectivity index (χ0n) is 12.3. The van der Waals surface area contributed by atoms with Gasteiger partial charge < -0.3 is 5.32 Å². The van der Waals surface area contributed by atoms with Crippen LogP contribution in [0.25, 0.3) is 0 Å². The van der Waals surface area contributed by atoms with Crippen molar-refractivity contribution in [3.05, 3.63) is 35.4 Å². The van der Waals surface area contributed by atoms with Crippen molar-refractivity contribution in [1.82, 2.24) is 5.32 Å². The molecule has 1 atom stereocenters. The number of nitrogens with one attached hydrogen (secondary N) is 1. The molecule has 1 aromatic carbocycles. The topological polar surface area (TPSA) is 12.0 Å². The molecule has 0 bridgehead atoms. The molecule has 1 unspecified atom stereocenters. The molecule has 112 valence electrons. The Hall–Kier alpha value is -0.960. The SMILES string of the molecule is CC(Cc1c(F)cccc1F)NC1CCCCCCC1.